The summed E-state index contributed by atoms with van der Waals surface area (Å²) in [5.74, 6) is 0.664. The third-order valence-electron chi connectivity index (χ3n) is 9.91. The van der Waals surface area contributed by atoms with Crippen LogP contribution in [0.3, 0.4) is 0 Å². The van der Waals surface area contributed by atoms with Crippen LogP contribution in [-0.2, 0) is 0 Å². The van der Waals surface area contributed by atoms with E-state index in [9.17, 15) is 0 Å². The molecule has 4 aromatic heterocycles. The van der Waals surface area contributed by atoms with Crippen LogP contribution in [-0.4, -0.2) is 19.1 Å². The molecule has 5 heteroatoms. The van der Waals surface area contributed by atoms with E-state index in [-0.39, 0.29) is 0 Å². The summed E-state index contributed by atoms with van der Waals surface area (Å²) in [4.78, 5) is 10.6. The van der Waals surface area contributed by atoms with Gasteiger partial charge in [-0.15, -0.1) is 11.3 Å². The zero-order valence-corrected chi connectivity index (χ0v) is 27.0. The summed E-state index contributed by atoms with van der Waals surface area (Å²) in [6.45, 7) is 0. The number of hydrogen-bond acceptors (Lipinski definition) is 3. The average molecular weight is 643 g/mol. The van der Waals surface area contributed by atoms with Gasteiger partial charge in [-0.25, -0.2) is 9.97 Å². The van der Waals surface area contributed by atoms with Crippen molar-refractivity contribution in [1.29, 1.82) is 0 Å². The van der Waals surface area contributed by atoms with E-state index in [0.29, 0.717) is 5.95 Å². The SMILES string of the molecule is c1ccc(-c2nc(-n3c4ccccc4c4cc5c6ccc7sc8ccccc8c7c6n(-c6ccccc6)c5cc43)nc3ccccc23)cc1. The van der Waals surface area contributed by atoms with E-state index in [1.54, 1.807) is 0 Å². The third-order valence-corrected chi connectivity index (χ3v) is 11.0. The van der Waals surface area contributed by atoms with E-state index in [1.807, 2.05) is 17.4 Å². The van der Waals surface area contributed by atoms with Crippen LogP contribution in [0.1, 0.15) is 0 Å². The highest BCUT2D eigenvalue weighted by Gasteiger charge is 2.22. The van der Waals surface area contributed by atoms with E-state index in [2.05, 4.69) is 161 Å². The summed E-state index contributed by atoms with van der Waals surface area (Å²) < 4.78 is 7.32. The van der Waals surface area contributed by atoms with Gasteiger partial charge in [-0.05, 0) is 48.5 Å². The van der Waals surface area contributed by atoms with Crippen LogP contribution in [0.4, 0.5) is 0 Å². The Morgan fingerprint density at radius 3 is 1.96 bits per heavy atom. The summed E-state index contributed by atoms with van der Waals surface area (Å²) in [7, 11) is 0. The summed E-state index contributed by atoms with van der Waals surface area (Å²) in [6.07, 6.45) is 0. The third kappa shape index (κ3) is 3.79. The van der Waals surface area contributed by atoms with Crippen molar-refractivity contribution in [2.45, 2.75) is 0 Å². The summed E-state index contributed by atoms with van der Waals surface area (Å²) in [5.41, 5.74) is 8.62. The van der Waals surface area contributed by atoms with Crippen LogP contribution >= 0.6 is 11.3 Å². The molecule has 0 amide bonds. The maximum absolute atomic E-state index is 5.33. The van der Waals surface area contributed by atoms with Crippen molar-refractivity contribution in [1.82, 2.24) is 19.1 Å². The van der Waals surface area contributed by atoms with E-state index in [0.717, 1.165) is 44.4 Å². The molecule has 4 heterocycles. The van der Waals surface area contributed by atoms with Gasteiger partial charge in [0.1, 0.15) is 0 Å². The largest absolute Gasteiger partial charge is 0.308 e. The number of para-hydroxylation sites is 3. The van der Waals surface area contributed by atoms with Crippen LogP contribution in [0, 0.1) is 0 Å². The minimum Gasteiger partial charge on any atom is -0.308 e. The van der Waals surface area contributed by atoms with Crippen molar-refractivity contribution >= 4 is 86.0 Å². The monoisotopic (exact) mass is 642 g/mol. The van der Waals surface area contributed by atoms with Crippen molar-refractivity contribution < 1.29 is 0 Å². The number of aromatic nitrogens is 4. The Bertz CT molecular complexity index is 3100. The van der Waals surface area contributed by atoms with E-state index >= 15 is 0 Å². The maximum atomic E-state index is 5.33. The molecule has 0 N–H and O–H groups in total. The van der Waals surface area contributed by atoms with Gasteiger partial charge in [0.05, 0.1) is 33.3 Å². The second-order valence-corrected chi connectivity index (χ2v) is 13.7. The normalized spacial score (nSPS) is 12.1. The zero-order valence-electron chi connectivity index (χ0n) is 26.2. The first kappa shape index (κ1) is 26.7. The summed E-state index contributed by atoms with van der Waals surface area (Å²) >= 11 is 1.86. The maximum Gasteiger partial charge on any atom is 0.235 e. The highest BCUT2D eigenvalue weighted by molar-refractivity contribution is 7.26. The Labute approximate surface area is 284 Å². The van der Waals surface area contributed by atoms with Gasteiger partial charge in [-0.3, -0.25) is 4.57 Å². The molecule has 0 spiro atoms. The Morgan fingerprint density at radius 1 is 0.429 bits per heavy atom. The van der Waals surface area contributed by atoms with Crippen LogP contribution in [0.25, 0.3) is 97.6 Å². The van der Waals surface area contributed by atoms with Crippen molar-refractivity contribution in [3.63, 3.8) is 0 Å². The first-order chi connectivity index (χ1) is 24.3. The molecule has 0 radical (unpaired) electrons. The van der Waals surface area contributed by atoms with Crippen LogP contribution in [0.2, 0.25) is 0 Å². The summed E-state index contributed by atoms with van der Waals surface area (Å²) in [5, 5.41) is 8.49. The highest BCUT2D eigenvalue weighted by atomic mass is 32.1. The molecule has 7 aromatic carbocycles. The Balaban J connectivity index is 1.32. The molecule has 0 saturated heterocycles. The van der Waals surface area contributed by atoms with Gasteiger partial charge in [0.25, 0.3) is 0 Å². The number of thiophene rings is 1. The Hall–Kier alpha value is -6.30. The molecular formula is C44H26N4S. The standard InChI is InChI=1S/C44H26N4S/c1-3-13-27(14-4-1)42-31-18-7-10-20-35(31)45-44(46-42)48-36-21-11-8-17-29(36)33-25-34-30-23-24-40-41(32-19-9-12-22-39(32)49-40)43(30)47(37(34)26-38(33)48)28-15-5-2-6-16-28/h1-26H. The van der Waals surface area contributed by atoms with Crippen molar-refractivity contribution in [2.24, 2.45) is 0 Å². The molecule has 0 aliphatic carbocycles. The van der Waals surface area contributed by atoms with E-state index in [1.165, 1.54) is 47.2 Å². The Morgan fingerprint density at radius 2 is 1.10 bits per heavy atom. The van der Waals surface area contributed by atoms with Crippen molar-refractivity contribution in [3.8, 4) is 22.9 Å². The topological polar surface area (TPSA) is 35.6 Å². The lowest BCUT2D eigenvalue weighted by Gasteiger charge is -2.12. The molecule has 0 unspecified atom stereocenters. The number of hydrogen-bond donors (Lipinski definition) is 0. The van der Waals surface area contributed by atoms with Crippen LogP contribution in [0.5, 0.6) is 0 Å². The predicted octanol–water partition coefficient (Wildman–Crippen LogP) is 11.9. The zero-order chi connectivity index (χ0) is 32.1. The van der Waals surface area contributed by atoms with Gasteiger partial charge in [-0.2, -0.15) is 0 Å². The van der Waals surface area contributed by atoms with Crippen molar-refractivity contribution in [2.75, 3.05) is 0 Å². The number of benzene rings is 7. The molecule has 228 valence electrons. The molecular weight excluding hydrogens is 617 g/mol. The van der Waals surface area contributed by atoms with E-state index < -0.39 is 0 Å². The average Bonchev–Trinajstić information content (AvgIpc) is 3.81. The van der Waals surface area contributed by atoms with Crippen molar-refractivity contribution in [3.05, 3.63) is 158 Å². The lowest BCUT2D eigenvalue weighted by Crippen LogP contribution is -2.03. The smallest absolute Gasteiger partial charge is 0.235 e. The molecule has 11 rings (SSSR count). The minimum absolute atomic E-state index is 0.664. The predicted molar refractivity (Wildman–Crippen MR) is 207 cm³/mol. The molecule has 11 aromatic rings. The van der Waals surface area contributed by atoms with Crippen LogP contribution in [0.15, 0.2) is 158 Å². The van der Waals surface area contributed by atoms with Gasteiger partial charge in [0.15, 0.2) is 0 Å². The number of rotatable bonds is 3. The fraction of sp³-hybridized carbons (Fsp3) is 0. The molecule has 0 aliphatic rings. The lowest BCUT2D eigenvalue weighted by molar-refractivity contribution is 1.01. The molecule has 0 bridgehead atoms. The number of nitrogens with zero attached hydrogens (tertiary/aromatic N) is 4. The van der Waals surface area contributed by atoms with E-state index in [4.69, 9.17) is 9.97 Å². The molecule has 0 atom stereocenters. The molecule has 49 heavy (non-hydrogen) atoms. The number of fused-ring (bicyclic) bond motifs is 11. The molecule has 0 aliphatic heterocycles. The van der Waals surface area contributed by atoms with Gasteiger partial charge in [0.2, 0.25) is 5.95 Å². The summed E-state index contributed by atoms with van der Waals surface area (Å²) in [6, 6.07) is 56.3. The van der Waals surface area contributed by atoms with Crippen LogP contribution < -0.4 is 0 Å². The fourth-order valence-corrected chi connectivity index (χ4v) is 8.92. The Kier molecular flexibility index (Phi) is 5.51. The molecule has 0 saturated carbocycles. The van der Waals surface area contributed by atoms with Gasteiger partial charge in [-0.1, -0.05) is 109 Å². The van der Waals surface area contributed by atoms with Gasteiger partial charge >= 0.3 is 0 Å². The minimum atomic E-state index is 0.664. The second kappa shape index (κ2) is 10.1. The first-order valence-corrected chi connectivity index (χ1v) is 17.3. The highest BCUT2D eigenvalue weighted by Crippen LogP contribution is 2.45. The first-order valence-electron chi connectivity index (χ1n) is 16.5. The van der Waals surface area contributed by atoms with Gasteiger partial charge in [0, 0.05) is 58.4 Å². The van der Waals surface area contributed by atoms with Gasteiger partial charge < -0.3 is 4.57 Å². The quantitative estimate of drug-likeness (QED) is 0.192. The molecule has 0 fully saturated rings. The second-order valence-electron chi connectivity index (χ2n) is 12.6. The lowest BCUT2D eigenvalue weighted by atomic mass is 10.1. The fourth-order valence-electron chi connectivity index (χ4n) is 7.81. The molecule has 4 nitrogen and oxygen atoms in total.